The summed E-state index contributed by atoms with van der Waals surface area (Å²) in [6.45, 7) is 11.9. The summed E-state index contributed by atoms with van der Waals surface area (Å²) in [7, 11) is 0. The van der Waals surface area contributed by atoms with Gasteiger partial charge in [-0.2, -0.15) is 0 Å². The number of hydrogen-bond donors (Lipinski definition) is 2. The van der Waals surface area contributed by atoms with Gasteiger partial charge < -0.3 is 10.2 Å². The molecule has 4 fully saturated rings. The zero-order valence-corrected chi connectivity index (χ0v) is 20.1. The third-order valence-corrected chi connectivity index (χ3v) is 10.8. The van der Waals surface area contributed by atoms with E-state index in [1.54, 1.807) is 0 Å². The summed E-state index contributed by atoms with van der Waals surface area (Å²) in [5.74, 6) is 3.87. The first-order chi connectivity index (χ1) is 14.0. The van der Waals surface area contributed by atoms with Crippen LogP contribution in [0.4, 0.5) is 0 Å². The molecule has 4 aliphatic carbocycles. The number of fused-ring (bicyclic) bond motifs is 5. The number of aliphatic hydroxyl groups is 2. The van der Waals surface area contributed by atoms with E-state index in [-0.39, 0.29) is 17.6 Å². The fraction of sp³-hybridized carbons (Fsp3) is 0.963. The van der Waals surface area contributed by atoms with Crippen LogP contribution in [0.5, 0.6) is 0 Å². The van der Waals surface area contributed by atoms with Gasteiger partial charge in [-0.25, -0.2) is 0 Å². The Morgan fingerprint density at radius 1 is 1.00 bits per heavy atom. The first-order valence-electron chi connectivity index (χ1n) is 13.0. The highest BCUT2D eigenvalue weighted by molar-refractivity contribution is 5.89. The van der Waals surface area contributed by atoms with Gasteiger partial charge in [-0.15, -0.1) is 0 Å². The van der Waals surface area contributed by atoms with Gasteiger partial charge in [0.15, 0.2) is 5.78 Å². The molecule has 0 aromatic rings. The van der Waals surface area contributed by atoms with E-state index in [2.05, 4.69) is 34.6 Å². The van der Waals surface area contributed by atoms with Crippen LogP contribution in [0.1, 0.15) is 105 Å². The van der Waals surface area contributed by atoms with Crippen LogP contribution in [0, 0.1) is 46.3 Å². The van der Waals surface area contributed by atoms with Gasteiger partial charge >= 0.3 is 0 Å². The lowest BCUT2D eigenvalue weighted by Gasteiger charge is -2.63. The van der Waals surface area contributed by atoms with Crippen molar-refractivity contribution in [1.29, 1.82) is 0 Å². The van der Waals surface area contributed by atoms with Crippen molar-refractivity contribution in [2.45, 2.75) is 117 Å². The minimum Gasteiger partial charge on any atom is -0.393 e. The summed E-state index contributed by atoms with van der Waals surface area (Å²) >= 11 is 0. The Bertz CT molecular complexity index is 658. The first-order valence-corrected chi connectivity index (χ1v) is 13.0. The minimum absolute atomic E-state index is 0.0303. The van der Waals surface area contributed by atoms with Crippen LogP contribution in [0.2, 0.25) is 0 Å². The van der Waals surface area contributed by atoms with Crippen molar-refractivity contribution < 1.29 is 15.0 Å². The van der Waals surface area contributed by atoms with E-state index in [9.17, 15) is 15.0 Å². The summed E-state index contributed by atoms with van der Waals surface area (Å²) in [5.41, 5.74) is -1.30. The first kappa shape index (κ1) is 22.8. The van der Waals surface area contributed by atoms with Gasteiger partial charge in [0, 0.05) is 18.3 Å². The molecular formula is C27H46O3. The number of carbonyl (C=O) groups is 1. The monoisotopic (exact) mass is 418 g/mol. The van der Waals surface area contributed by atoms with E-state index in [0.29, 0.717) is 29.6 Å². The highest BCUT2D eigenvalue weighted by atomic mass is 16.3. The van der Waals surface area contributed by atoms with Crippen molar-refractivity contribution in [2.75, 3.05) is 0 Å². The molecule has 0 unspecified atom stereocenters. The summed E-state index contributed by atoms with van der Waals surface area (Å²) in [4.78, 5) is 13.3. The van der Waals surface area contributed by atoms with E-state index in [0.717, 1.165) is 37.0 Å². The molecular weight excluding hydrogens is 372 g/mol. The topological polar surface area (TPSA) is 57.5 Å². The smallest absolute Gasteiger partial charge is 0.165 e. The highest BCUT2D eigenvalue weighted by Gasteiger charge is 2.67. The molecule has 4 saturated carbocycles. The van der Waals surface area contributed by atoms with Gasteiger partial charge in [-0.05, 0) is 79.4 Å². The number of ketones is 1. The molecule has 2 N–H and O–H groups in total. The Hall–Kier alpha value is -0.410. The van der Waals surface area contributed by atoms with Crippen LogP contribution in [-0.4, -0.2) is 27.7 Å². The molecule has 0 bridgehead atoms. The van der Waals surface area contributed by atoms with Gasteiger partial charge in [0.05, 0.1) is 6.10 Å². The zero-order chi connectivity index (χ0) is 21.9. The molecule has 0 saturated heterocycles. The largest absolute Gasteiger partial charge is 0.393 e. The van der Waals surface area contributed by atoms with Crippen molar-refractivity contribution in [3.63, 3.8) is 0 Å². The number of carbonyl (C=O) groups excluding carboxylic acids is 1. The van der Waals surface area contributed by atoms with Crippen molar-refractivity contribution in [3.8, 4) is 0 Å². The molecule has 30 heavy (non-hydrogen) atoms. The summed E-state index contributed by atoms with van der Waals surface area (Å²) in [6.07, 6.45) is 10.8. The SMILES string of the molecule is CC(C)CCC[C@@H](C)[C@@H]1CC[C@H]2[C@@H]3CC(=O)[C@@]4(O)C[C@@H](O)CC[C@@]4(C)[C@@H]3CC[C@@]21C. The summed E-state index contributed by atoms with van der Waals surface area (Å²) < 4.78 is 0. The van der Waals surface area contributed by atoms with Gasteiger partial charge in [0.1, 0.15) is 5.60 Å². The second-order valence-corrected chi connectivity index (χ2v) is 12.7. The van der Waals surface area contributed by atoms with Crippen molar-refractivity contribution in [3.05, 3.63) is 0 Å². The van der Waals surface area contributed by atoms with Crippen LogP contribution in [0.25, 0.3) is 0 Å². The van der Waals surface area contributed by atoms with Crippen molar-refractivity contribution in [1.82, 2.24) is 0 Å². The molecule has 0 amide bonds. The molecule has 0 aromatic carbocycles. The van der Waals surface area contributed by atoms with Gasteiger partial charge in [0.25, 0.3) is 0 Å². The van der Waals surface area contributed by atoms with Gasteiger partial charge in [0.2, 0.25) is 0 Å². The lowest BCUT2D eigenvalue weighted by Crippen LogP contribution is -2.67. The van der Waals surface area contributed by atoms with Crippen LogP contribution in [0.15, 0.2) is 0 Å². The average molecular weight is 419 g/mol. The Balaban J connectivity index is 1.54. The maximum absolute atomic E-state index is 13.3. The predicted molar refractivity (Wildman–Crippen MR) is 121 cm³/mol. The van der Waals surface area contributed by atoms with Gasteiger partial charge in [-0.1, -0.05) is 53.9 Å². The molecule has 0 radical (unpaired) electrons. The third kappa shape index (κ3) is 3.33. The maximum atomic E-state index is 13.3. The van der Waals surface area contributed by atoms with E-state index in [1.807, 2.05) is 0 Å². The number of hydrogen-bond acceptors (Lipinski definition) is 3. The minimum atomic E-state index is -1.30. The highest BCUT2D eigenvalue weighted by Crippen LogP contribution is 2.68. The van der Waals surface area contributed by atoms with Crippen LogP contribution < -0.4 is 0 Å². The molecule has 4 aliphatic rings. The van der Waals surface area contributed by atoms with Crippen molar-refractivity contribution in [2.24, 2.45) is 46.3 Å². The van der Waals surface area contributed by atoms with Crippen molar-refractivity contribution >= 4 is 5.78 Å². The van der Waals surface area contributed by atoms with Crippen LogP contribution >= 0.6 is 0 Å². The number of aliphatic hydroxyl groups excluding tert-OH is 1. The van der Waals surface area contributed by atoms with Crippen LogP contribution in [-0.2, 0) is 4.79 Å². The molecule has 0 aliphatic heterocycles. The molecule has 3 nitrogen and oxygen atoms in total. The molecule has 3 heteroatoms. The van der Waals surface area contributed by atoms with Crippen LogP contribution in [0.3, 0.4) is 0 Å². The van der Waals surface area contributed by atoms with E-state index in [1.165, 1.54) is 38.5 Å². The Morgan fingerprint density at radius 2 is 1.73 bits per heavy atom. The number of rotatable bonds is 5. The Labute approximate surface area is 184 Å². The summed E-state index contributed by atoms with van der Waals surface area (Å²) in [6, 6.07) is 0. The molecule has 0 spiro atoms. The fourth-order valence-electron chi connectivity index (χ4n) is 9.04. The second kappa shape index (κ2) is 7.87. The van der Waals surface area contributed by atoms with E-state index >= 15 is 0 Å². The quantitative estimate of drug-likeness (QED) is 0.596. The maximum Gasteiger partial charge on any atom is 0.165 e. The third-order valence-electron chi connectivity index (χ3n) is 10.8. The molecule has 9 atom stereocenters. The van der Waals surface area contributed by atoms with E-state index < -0.39 is 11.7 Å². The molecule has 172 valence electrons. The summed E-state index contributed by atoms with van der Waals surface area (Å²) in [5, 5.41) is 21.7. The van der Waals surface area contributed by atoms with Gasteiger partial charge in [-0.3, -0.25) is 4.79 Å². The average Bonchev–Trinajstić information content (AvgIpc) is 3.01. The zero-order valence-electron chi connectivity index (χ0n) is 20.1. The fourth-order valence-corrected chi connectivity index (χ4v) is 9.04. The Morgan fingerprint density at radius 3 is 2.43 bits per heavy atom. The Kier molecular flexibility index (Phi) is 5.97. The lowest BCUT2D eigenvalue weighted by molar-refractivity contribution is -0.213. The molecule has 0 heterocycles. The lowest BCUT2D eigenvalue weighted by atomic mass is 9.42. The van der Waals surface area contributed by atoms with E-state index in [4.69, 9.17) is 0 Å². The predicted octanol–water partition coefficient (Wildman–Crippen LogP) is 5.76. The normalized spacial score (nSPS) is 49.5. The second-order valence-electron chi connectivity index (χ2n) is 12.7. The standard InChI is InChI=1S/C27H46O3/c1-17(2)7-6-8-18(3)21-9-10-22-20-15-24(29)27(30)16-19(28)11-14-26(27,5)23(20)12-13-25(21,22)4/h17-23,28,30H,6-16H2,1-5H3/t18-,19+,20+,21+,22+,23-,25-,26+,27+/m1/s1. The molecule has 0 aromatic heterocycles. The number of Topliss-reactive ketones (excluding diaryl/α,β-unsaturated/α-hetero) is 1. The molecule has 4 rings (SSSR count).